The fraction of sp³-hybridized carbons (Fsp3) is 0.379. The Bertz CT molecular complexity index is 1300. The number of unbranched alkanes of at least 4 members (excludes halogenated alkanes) is 1. The lowest BCUT2D eigenvalue weighted by molar-refractivity contribution is -0.276. The average Bonchev–Trinajstić information content (AvgIpc) is 2.88. The Morgan fingerprint density at radius 3 is 1.90 bits per heavy atom. The van der Waals surface area contributed by atoms with Crippen LogP contribution in [-0.4, -0.2) is 13.0 Å². The molecule has 41 heavy (non-hydrogen) atoms. The topological polar surface area (TPSA) is 27.7 Å². The van der Waals surface area contributed by atoms with Gasteiger partial charge in [-0.05, 0) is 54.0 Å². The molecule has 12 heteroatoms. The minimum atomic E-state index is -5.47. The number of hydrogen-bond donors (Lipinski definition) is 0. The lowest BCUT2D eigenvalue weighted by Crippen LogP contribution is -2.25. The summed E-state index contributed by atoms with van der Waals surface area (Å²) < 4.78 is 137. The molecule has 0 radical (unpaired) electrons. The molecule has 1 aliphatic rings. The van der Waals surface area contributed by atoms with Gasteiger partial charge in [0.05, 0.1) is 12.7 Å². The first kappa shape index (κ1) is 30.5. The molecule has 0 aliphatic carbocycles. The van der Waals surface area contributed by atoms with E-state index in [4.69, 9.17) is 4.74 Å². The van der Waals surface area contributed by atoms with Gasteiger partial charge < -0.3 is 14.2 Å². The van der Waals surface area contributed by atoms with E-state index in [2.05, 4.69) is 16.4 Å². The summed E-state index contributed by atoms with van der Waals surface area (Å²) in [5.74, 6) is -10.2. The highest BCUT2D eigenvalue weighted by atomic mass is 19.4. The summed E-state index contributed by atoms with van der Waals surface area (Å²) >= 11 is 0. The summed E-state index contributed by atoms with van der Waals surface area (Å²) in [7, 11) is 0. The van der Waals surface area contributed by atoms with Crippen molar-refractivity contribution < 1.29 is 53.7 Å². The van der Waals surface area contributed by atoms with Gasteiger partial charge in [-0.15, -0.1) is 13.2 Å². The van der Waals surface area contributed by atoms with Crippen LogP contribution in [0.4, 0.5) is 39.5 Å². The molecule has 4 rings (SSSR count). The van der Waals surface area contributed by atoms with E-state index in [0.717, 1.165) is 37.7 Å². The predicted octanol–water partition coefficient (Wildman–Crippen LogP) is 9.59. The van der Waals surface area contributed by atoms with Gasteiger partial charge in [0, 0.05) is 12.1 Å². The summed E-state index contributed by atoms with van der Waals surface area (Å²) in [6, 6.07) is 7.80. The van der Waals surface area contributed by atoms with Crippen molar-refractivity contribution in [2.75, 3.05) is 6.61 Å². The number of hydrogen-bond acceptors (Lipinski definition) is 3. The number of benzene rings is 3. The van der Waals surface area contributed by atoms with Gasteiger partial charge in [0.25, 0.3) is 0 Å². The Balaban J connectivity index is 1.49. The molecular formula is C29H25F9O3. The molecule has 222 valence electrons. The van der Waals surface area contributed by atoms with Crippen molar-refractivity contribution in [3.05, 3.63) is 82.9 Å². The molecule has 2 unspecified atom stereocenters. The fourth-order valence-electron chi connectivity index (χ4n) is 4.71. The average molecular weight is 592 g/mol. The van der Waals surface area contributed by atoms with E-state index >= 15 is 0 Å². The van der Waals surface area contributed by atoms with Crippen molar-refractivity contribution in [3.63, 3.8) is 0 Å². The van der Waals surface area contributed by atoms with Gasteiger partial charge in [-0.2, -0.15) is 8.78 Å². The third-order valence-electron chi connectivity index (χ3n) is 6.72. The molecule has 0 N–H and O–H groups in total. The summed E-state index contributed by atoms with van der Waals surface area (Å²) in [6.07, 6.45) is -5.18. The van der Waals surface area contributed by atoms with E-state index in [1.807, 2.05) is 0 Å². The zero-order chi connectivity index (χ0) is 29.9. The van der Waals surface area contributed by atoms with E-state index in [1.165, 1.54) is 0 Å². The monoisotopic (exact) mass is 592 g/mol. The summed E-state index contributed by atoms with van der Waals surface area (Å²) in [4.78, 5) is 0. The van der Waals surface area contributed by atoms with Crippen LogP contribution in [-0.2, 0) is 10.8 Å². The first-order chi connectivity index (χ1) is 19.3. The molecule has 0 amide bonds. The SMILES string of the molecule is CCCCC1CCC(c2ccc(-c3cc(F)c(C(F)(F)Oc4cc(F)c(OC(F)(F)F)c(F)c4)c(F)c3)cc2)OC1. The molecule has 0 bridgehead atoms. The van der Waals surface area contributed by atoms with Crippen molar-refractivity contribution in [1.82, 2.24) is 0 Å². The van der Waals surface area contributed by atoms with Gasteiger partial charge in [0.1, 0.15) is 22.9 Å². The smallest absolute Gasteiger partial charge is 0.429 e. The fourth-order valence-corrected chi connectivity index (χ4v) is 4.71. The largest absolute Gasteiger partial charge is 0.573 e. The Morgan fingerprint density at radius 2 is 1.39 bits per heavy atom. The molecule has 3 aromatic carbocycles. The quantitative estimate of drug-likeness (QED) is 0.232. The number of ether oxygens (including phenoxy) is 3. The van der Waals surface area contributed by atoms with Crippen molar-refractivity contribution in [2.45, 2.75) is 57.6 Å². The van der Waals surface area contributed by atoms with Crippen LogP contribution in [0.5, 0.6) is 11.5 Å². The summed E-state index contributed by atoms with van der Waals surface area (Å²) in [5, 5.41) is 0. The highest BCUT2D eigenvalue weighted by molar-refractivity contribution is 5.64. The maximum absolute atomic E-state index is 14.8. The van der Waals surface area contributed by atoms with Crippen molar-refractivity contribution in [2.24, 2.45) is 5.92 Å². The highest BCUT2D eigenvalue weighted by Crippen LogP contribution is 2.40. The second-order valence-corrected chi connectivity index (χ2v) is 9.73. The molecule has 0 spiro atoms. The van der Waals surface area contributed by atoms with Crippen molar-refractivity contribution >= 4 is 0 Å². The second-order valence-electron chi connectivity index (χ2n) is 9.73. The van der Waals surface area contributed by atoms with E-state index in [9.17, 15) is 39.5 Å². The van der Waals surface area contributed by atoms with Crippen LogP contribution in [0.2, 0.25) is 0 Å². The van der Waals surface area contributed by atoms with Crippen molar-refractivity contribution in [1.29, 1.82) is 0 Å². The standard InChI is InChI=1S/C29H25F9O3/c1-2-3-4-16-5-10-25(39-15-16)18-8-6-17(7-9-18)19-11-21(30)26(22(31)12-19)28(34,35)40-20-13-23(32)27(24(33)14-20)41-29(36,37)38/h6-9,11-14,16,25H,2-5,10,15H2,1H3. The lowest BCUT2D eigenvalue weighted by atomic mass is 9.90. The van der Waals surface area contributed by atoms with Crippen LogP contribution in [0.1, 0.15) is 56.3 Å². The molecule has 1 saturated heterocycles. The molecule has 0 saturated carbocycles. The van der Waals surface area contributed by atoms with E-state index in [-0.39, 0.29) is 23.8 Å². The van der Waals surface area contributed by atoms with Gasteiger partial charge in [-0.3, -0.25) is 0 Å². The second kappa shape index (κ2) is 12.2. The van der Waals surface area contributed by atoms with Gasteiger partial charge in [-0.1, -0.05) is 44.0 Å². The third kappa shape index (κ3) is 7.46. The van der Waals surface area contributed by atoms with E-state index < -0.39 is 52.8 Å². The molecule has 1 fully saturated rings. The molecule has 0 aromatic heterocycles. The van der Waals surface area contributed by atoms with Gasteiger partial charge in [-0.25, -0.2) is 17.6 Å². The van der Waals surface area contributed by atoms with Crippen LogP contribution in [0.15, 0.2) is 48.5 Å². The van der Waals surface area contributed by atoms with Crippen molar-refractivity contribution in [3.8, 4) is 22.6 Å². The van der Waals surface area contributed by atoms with Gasteiger partial charge >= 0.3 is 12.5 Å². The normalized spacial score (nSPS) is 17.9. The molecular weight excluding hydrogens is 567 g/mol. The Hall–Kier alpha value is -3.41. The summed E-state index contributed by atoms with van der Waals surface area (Å²) in [5.41, 5.74) is -0.738. The molecule has 2 atom stereocenters. The van der Waals surface area contributed by atoms with Crippen LogP contribution >= 0.6 is 0 Å². The Labute approximate surface area is 229 Å². The first-order valence-corrected chi connectivity index (χ1v) is 12.8. The first-order valence-electron chi connectivity index (χ1n) is 12.8. The summed E-state index contributed by atoms with van der Waals surface area (Å²) in [6.45, 7) is 2.78. The molecule has 1 heterocycles. The lowest BCUT2D eigenvalue weighted by Gasteiger charge is -2.29. The zero-order valence-corrected chi connectivity index (χ0v) is 21.6. The minimum absolute atomic E-state index is 0.0365. The number of rotatable bonds is 9. The minimum Gasteiger partial charge on any atom is -0.429 e. The Morgan fingerprint density at radius 1 is 0.780 bits per heavy atom. The van der Waals surface area contributed by atoms with E-state index in [0.29, 0.717) is 30.2 Å². The van der Waals surface area contributed by atoms with Crippen LogP contribution in [0.25, 0.3) is 11.1 Å². The van der Waals surface area contributed by atoms with Crippen LogP contribution in [0, 0.1) is 29.2 Å². The maximum atomic E-state index is 14.8. The van der Waals surface area contributed by atoms with Crippen LogP contribution in [0.3, 0.4) is 0 Å². The molecule has 1 aliphatic heterocycles. The highest BCUT2D eigenvalue weighted by Gasteiger charge is 2.42. The van der Waals surface area contributed by atoms with E-state index in [1.54, 1.807) is 24.3 Å². The molecule has 3 aromatic rings. The molecule has 3 nitrogen and oxygen atoms in total. The van der Waals surface area contributed by atoms with Gasteiger partial charge in [0.2, 0.25) is 5.75 Å². The Kier molecular flexibility index (Phi) is 9.10. The third-order valence-corrected chi connectivity index (χ3v) is 6.72. The zero-order valence-electron chi connectivity index (χ0n) is 21.6. The number of halogens is 9. The number of alkyl halides is 5. The van der Waals surface area contributed by atoms with Crippen LogP contribution < -0.4 is 9.47 Å². The van der Waals surface area contributed by atoms with Gasteiger partial charge in [0.15, 0.2) is 11.6 Å². The predicted molar refractivity (Wildman–Crippen MR) is 130 cm³/mol. The maximum Gasteiger partial charge on any atom is 0.573 e.